The van der Waals surface area contributed by atoms with Crippen molar-refractivity contribution < 1.29 is 22.7 Å². The minimum atomic E-state index is -4.70. The molecule has 0 aliphatic carbocycles. The summed E-state index contributed by atoms with van der Waals surface area (Å²) in [5.41, 5.74) is 6.22. The Bertz CT molecular complexity index is 477. The SMILES string of the molecule is CC[C@H](N)C(=O)N[C@@H](C)CNc1ccc(OC(F)(F)F)cc1. The summed E-state index contributed by atoms with van der Waals surface area (Å²) in [6, 6.07) is 4.65. The molecule has 0 radical (unpaired) electrons. The van der Waals surface area contributed by atoms with Crippen LogP contribution in [0.5, 0.6) is 5.75 Å². The van der Waals surface area contributed by atoms with Crippen molar-refractivity contribution in [3.63, 3.8) is 0 Å². The zero-order valence-electron chi connectivity index (χ0n) is 12.4. The van der Waals surface area contributed by atoms with Crippen LogP contribution in [0.3, 0.4) is 0 Å². The molecule has 0 spiro atoms. The van der Waals surface area contributed by atoms with Crippen LogP contribution in [0, 0.1) is 0 Å². The molecule has 2 atom stereocenters. The van der Waals surface area contributed by atoms with Gasteiger partial charge in [0.2, 0.25) is 5.91 Å². The standard InChI is InChI=1S/C14H20F3N3O2/c1-3-12(18)13(21)20-9(2)8-19-10-4-6-11(7-5-10)22-14(15,16)17/h4-7,9,12,19H,3,8,18H2,1-2H3,(H,20,21)/t9-,12-/m0/s1. The molecule has 1 aromatic carbocycles. The second-order valence-electron chi connectivity index (χ2n) is 4.88. The van der Waals surface area contributed by atoms with E-state index in [1.807, 2.05) is 6.92 Å². The van der Waals surface area contributed by atoms with Gasteiger partial charge in [0.05, 0.1) is 6.04 Å². The van der Waals surface area contributed by atoms with Crippen molar-refractivity contribution in [2.45, 2.75) is 38.7 Å². The van der Waals surface area contributed by atoms with Crippen LogP contribution in [0.2, 0.25) is 0 Å². The molecule has 0 aliphatic rings. The van der Waals surface area contributed by atoms with Gasteiger partial charge >= 0.3 is 6.36 Å². The lowest BCUT2D eigenvalue weighted by atomic mass is 10.2. The van der Waals surface area contributed by atoms with Crippen LogP contribution < -0.4 is 21.1 Å². The number of carbonyl (C=O) groups excluding carboxylic acids is 1. The maximum atomic E-state index is 12.0. The van der Waals surface area contributed by atoms with Gasteiger partial charge < -0.3 is 21.1 Å². The first-order valence-corrected chi connectivity index (χ1v) is 6.87. The van der Waals surface area contributed by atoms with E-state index in [1.54, 1.807) is 6.92 Å². The molecule has 0 saturated carbocycles. The third kappa shape index (κ3) is 6.66. The van der Waals surface area contributed by atoms with E-state index < -0.39 is 12.4 Å². The molecule has 1 rings (SSSR count). The molecule has 1 amide bonds. The smallest absolute Gasteiger partial charge is 0.406 e. The van der Waals surface area contributed by atoms with Gasteiger partial charge in [-0.3, -0.25) is 4.79 Å². The molecule has 0 heterocycles. The van der Waals surface area contributed by atoms with Crippen LogP contribution in [0.4, 0.5) is 18.9 Å². The summed E-state index contributed by atoms with van der Waals surface area (Å²) in [5.74, 6) is -0.515. The molecular weight excluding hydrogens is 299 g/mol. The van der Waals surface area contributed by atoms with E-state index in [0.29, 0.717) is 18.7 Å². The number of carbonyl (C=O) groups is 1. The van der Waals surface area contributed by atoms with Gasteiger partial charge in [0.1, 0.15) is 5.75 Å². The summed E-state index contributed by atoms with van der Waals surface area (Å²) in [4.78, 5) is 11.6. The van der Waals surface area contributed by atoms with Crippen LogP contribution in [0.25, 0.3) is 0 Å². The van der Waals surface area contributed by atoms with Crippen LogP contribution in [0.15, 0.2) is 24.3 Å². The molecule has 5 nitrogen and oxygen atoms in total. The Hall–Kier alpha value is -1.96. The predicted molar refractivity (Wildman–Crippen MR) is 77.5 cm³/mol. The number of hydrogen-bond donors (Lipinski definition) is 3. The maximum Gasteiger partial charge on any atom is 0.573 e. The first-order chi connectivity index (χ1) is 10.2. The van der Waals surface area contributed by atoms with Gasteiger partial charge in [0.25, 0.3) is 0 Å². The third-order valence-electron chi connectivity index (χ3n) is 2.87. The first-order valence-electron chi connectivity index (χ1n) is 6.87. The second-order valence-corrected chi connectivity index (χ2v) is 4.88. The summed E-state index contributed by atoms with van der Waals surface area (Å²) in [7, 11) is 0. The normalized spacial score (nSPS) is 14.1. The molecule has 0 unspecified atom stereocenters. The molecule has 0 fully saturated rings. The fourth-order valence-electron chi connectivity index (χ4n) is 1.63. The number of rotatable bonds is 7. The van der Waals surface area contributed by atoms with Crippen LogP contribution in [-0.2, 0) is 4.79 Å². The summed E-state index contributed by atoms with van der Waals surface area (Å²) < 4.78 is 39.8. The average molecular weight is 319 g/mol. The Balaban J connectivity index is 2.43. The number of benzene rings is 1. The van der Waals surface area contributed by atoms with Gasteiger partial charge in [-0.05, 0) is 37.6 Å². The molecular formula is C14H20F3N3O2. The second kappa shape index (κ2) is 7.88. The molecule has 0 bridgehead atoms. The number of anilines is 1. The first kappa shape index (κ1) is 18.1. The van der Waals surface area contributed by atoms with Crippen molar-refractivity contribution in [2.24, 2.45) is 5.73 Å². The lowest BCUT2D eigenvalue weighted by Crippen LogP contribution is -2.46. The summed E-state index contributed by atoms with van der Waals surface area (Å²) in [6.07, 6.45) is -4.15. The van der Waals surface area contributed by atoms with E-state index >= 15 is 0 Å². The van der Waals surface area contributed by atoms with Crippen molar-refractivity contribution in [3.05, 3.63) is 24.3 Å². The van der Waals surface area contributed by atoms with E-state index in [4.69, 9.17) is 5.73 Å². The molecule has 22 heavy (non-hydrogen) atoms. The largest absolute Gasteiger partial charge is 0.573 e. The Morgan fingerprint density at radius 3 is 2.41 bits per heavy atom. The van der Waals surface area contributed by atoms with Crippen molar-refractivity contribution in [1.82, 2.24) is 5.32 Å². The minimum absolute atomic E-state index is 0.170. The van der Waals surface area contributed by atoms with E-state index in [2.05, 4.69) is 15.4 Å². The van der Waals surface area contributed by atoms with E-state index in [-0.39, 0.29) is 17.7 Å². The van der Waals surface area contributed by atoms with Gasteiger partial charge in [0.15, 0.2) is 0 Å². The van der Waals surface area contributed by atoms with Crippen LogP contribution in [0.1, 0.15) is 20.3 Å². The summed E-state index contributed by atoms with van der Waals surface area (Å²) in [6.45, 7) is 4.04. The fourth-order valence-corrected chi connectivity index (χ4v) is 1.63. The van der Waals surface area contributed by atoms with Crippen molar-refractivity contribution >= 4 is 11.6 Å². The molecule has 0 aliphatic heterocycles. The maximum absolute atomic E-state index is 12.0. The van der Waals surface area contributed by atoms with E-state index in [9.17, 15) is 18.0 Å². The van der Waals surface area contributed by atoms with Gasteiger partial charge in [-0.1, -0.05) is 6.92 Å². The van der Waals surface area contributed by atoms with E-state index in [0.717, 1.165) is 0 Å². The molecule has 8 heteroatoms. The van der Waals surface area contributed by atoms with Crippen LogP contribution >= 0.6 is 0 Å². The highest BCUT2D eigenvalue weighted by atomic mass is 19.4. The van der Waals surface area contributed by atoms with Gasteiger partial charge in [-0.25, -0.2) is 0 Å². The summed E-state index contributed by atoms with van der Waals surface area (Å²) in [5, 5.41) is 5.75. The summed E-state index contributed by atoms with van der Waals surface area (Å²) >= 11 is 0. The van der Waals surface area contributed by atoms with E-state index in [1.165, 1.54) is 24.3 Å². The quantitative estimate of drug-likeness (QED) is 0.720. The molecule has 124 valence electrons. The van der Waals surface area contributed by atoms with Gasteiger partial charge in [-0.2, -0.15) is 0 Å². The number of nitrogens with one attached hydrogen (secondary N) is 2. The number of hydrogen-bond acceptors (Lipinski definition) is 4. The fraction of sp³-hybridized carbons (Fsp3) is 0.500. The van der Waals surface area contributed by atoms with Crippen molar-refractivity contribution in [1.29, 1.82) is 0 Å². The number of nitrogens with two attached hydrogens (primary N) is 1. The number of halogens is 3. The van der Waals surface area contributed by atoms with Crippen LogP contribution in [-0.4, -0.2) is 30.9 Å². The monoisotopic (exact) mass is 319 g/mol. The topological polar surface area (TPSA) is 76.4 Å². The van der Waals surface area contributed by atoms with Crippen molar-refractivity contribution in [2.75, 3.05) is 11.9 Å². The molecule has 0 aromatic heterocycles. The zero-order chi connectivity index (χ0) is 16.8. The predicted octanol–water partition coefficient (Wildman–Crippen LogP) is 2.24. The molecule has 4 N–H and O–H groups in total. The average Bonchev–Trinajstić information content (AvgIpc) is 2.44. The molecule has 0 saturated heterocycles. The lowest BCUT2D eigenvalue weighted by molar-refractivity contribution is -0.274. The minimum Gasteiger partial charge on any atom is -0.406 e. The highest BCUT2D eigenvalue weighted by molar-refractivity contribution is 5.81. The van der Waals surface area contributed by atoms with Gasteiger partial charge in [-0.15, -0.1) is 13.2 Å². The van der Waals surface area contributed by atoms with Crippen molar-refractivity contribution in [3.8, 4) is 5.75 Å². The van der Waals surface area contributed by atoms with Gasteiger partial charge in [0, 0.05) is 18.3 Å². The third-order valence-corrected chi connectivity index (χ3v) is 2.87. The highest BCUT2D eigenvalue weighted by Crippen LogP contribution is 2.23. The number of ether oxygens (including phenoxy) is 1. The lowest BCUT2D eigenvalue weighted by Gasteiger charge is -2.18. The Labute approximate surface area is 127 Å². The zero-order valence-corrected chi connectivity index (χ0v) is 12.4. The Morgan fingerprint density at radius 2 is 1.91 bits per heavy atom. The Morgan fingerprint density at radius 1 is 1.32 bits per heavy atom. The molecule has 1 aromatic rings. The number of amides is 1. The number of alkyl halides is 3. The highest BCUT2D eigenvalue weighted by Gasteiger charge is 2.30. The Kier molecular flexibility index (Phi) is 6.48.